The van der Waals surface area contributed by atoms with E-state index >= 15 is 0 Å². The van der Waals surface area contributed by atoms with E-state index in [9.17, 15) is 4.79 Å². The maximum Gasteiger partial charge on any atom is 0.234 e. The van der Waals surface area contributed by atoms with Crippen molar-refractivity contribution in [3.05, 3.63) is 77.6 Å². The van der Waals surface area contributed by atoms with Gasteiger partial charge in [0.2, 0.25) is 5.91 Å². The molecular formula is C21H22N4O2S. The average molecular weight is 395 g/mol. The molecule has 1 atom stereocenters. The van der Waals surface area contributed by atoms with Crippen LogP contribution < -0.4 is 4.74 Å². The van der Waals surface area contributed by atoms with Crippen molar-refractivity contribution in [2.75, 3.05) is 12.4 Å². The van der Waals surface area contributed by atoms with Crippen LogP contribution in [0.2, 0.25) is 0 Å². The van der Waals surface area contributed by atoms with Crippen LogP contribution in [-0.4, -0.2) is 38.2 Å². The predicted molar refractivity (Wildman–Crippen MR) is 109 cm³/mol. The van der Waals surface area contributed by atoms with Crippen molar-refractivity contribution in [3.8, 4) is 5.75 Å². The molecule has 3 aromatic rings. The van der Waals surface area contributed by atoms with E-state index in [1.165, 1.54) is 0 Å². The predicted octanol–water partition coefficient (Wildman–Crippen LogP) is 3.50. The van der Waals surface area contributed by atoms with E-state index in [2.05, 4.69) is 10.3 Å². The van der Waals surface area contributed by atoms with Gasteiger partial charge < -0.3 is 9.64 Å². The third kappa shape index (κ3) is 4.20. The lowest BCUT2D eigenvalue weighted by Gasteiger charge is -2.22. The summed E-state index contributed by atoms with van der Waals surface area (Å²) in [5.74, 6) is 1.46. The highest BCUT2D eigenvalue weighted by atomic mass is 32.2. The largest absolute Gasteiger partial charge is 0.494 e. The third-order valence-corrected chi connectivity index (χ3v) is 5.75. The van der Waals surface area contributed by atoms with Gasteiger partial charge in [-0.3, -0.25) is 4.79 Å². The van der Waals surface area contributed by atoms with Crippen LogP contribution >= 0.6 is 11.8 Å². The molecular weight excluding hydrogens is 372 g/mol. The number of hydrogen-bond donors (Lipinski definition) is 0. The van der Waals surface area contributed by atoms with Gasteiger partial charge >= 0.3 is 0 Å². The number of carbonyl (C=O) groups excluding carboxylic acids is 1. The third-order valence-electron chi connectivity index (χ3n) is 4.53. The fourth-order valence-corrected chi connectivity index (χ4v) is 4.36. The smallest absolute Gasteiger partial charge is 0.234 e. The topological polar surface area (TPSA) is 60.2 Å². The molecule has 7 heteroatoms. The summed E-state index contributed by atoms with van der Waals surface area (Å²) < 4.78 is 7.37. The molecule has 1 saturated heterocycles. The summed E-state index contributed by atoms with van der Waals surface area (Å²) in [6.07, 6.45) is 1.93. The first-order valence-corrected chi connectivity index (χ1v) is 10.3. The molecule has 1 amide bonds. The molecule has 0 N–H and O–H groups in total. The number of hydrogen-bond acceptors (Lipinski definition) is 5. The number of ether oxygens (including phenoxy) is 1. The van der Waals surface area contributed by atoms with E-state index in [0.717, 1.165) is 22.6 Å². The summed E-state index contributed by atoms with van der Waals surface area (Å²) in [7, 11) is 0. The van der Waals surface area contributed by atoms with Crippen molar-refractivity contribution in [1.82, 2.24) is 19.9 Å². The Labute approximate surface area is 168 Å². The zero-order valence-electron chi connectivity index (χ0n) is 15.7. The van der Waals surface area contributed by atoms with E-state index < -0.39 is 0 Å². The van der Waals surface area contributed by atoms with Crippen molar-refractivity contribution < 1.29 is 9.53 Å². The normalized spacial score (nSPS) is 16.5. The number of rotatable bonds is 7. The fourth-order valence-electron chi connectivity index (χ4n) is 3.24. The maximum absolute atomic E-state index is 12.4. The summed E-state index contributed by atoms with van der Waals surface area (Å²) in [5, 5.41) is 8.52. The molecule has 0 spiro atoms. The van der Waals surface area contributed by atoms with Crippen molar-refractivity contribution >= 4 is 17.7 Å². The standard InChI is InChI=1S/C21H22N4O2S/c1-2-27-18-10-6-9-17(11-18)12-24-14-19(22-23-24)21-25(20(26)15-28-21)13-16-7-4-3-5-8-16/h3-11,14,21H,2,12-13,15H2,1H3/t21-/m0/s1. The Morgan fingerprint density at radius 2 is 1.93 bits per heavy atom. The second-order valence-electron chi connectivity index (χ2n) is 6.59. The lowest BCUT2D eigenvalue weighted by molar-refractivity contribution is -0.128. The molecule has 4 rings (SSSR count). The molecule has 2 aromatic carbocycles. The van der Waals surface area contributed by atoms with Gasteiger partial charge in [0.15, 0.2) is 0 Å². The van der Waals surface area contributed by atoms with Crippen LogP contribution in [0.25, 0.3) is 0 Å². The van der Waals surface area contributed by atoms with Gasteiger partial charge in [-0.15, -0.1) is 16.9 Å². The first-order valence-electron chi connectivity index (χ1n) is 9.29. The number of nitrogens with zero attached hydrogens (tertiary/aromatic N) is 4. The van der Waals surface area contributed by atoms with Crippen LogP contribution in [0.5, 0.6) is 5.75 Å². The highest BCUT2D eigenvalue weighted by molar-refractivity contribution is 8.00. The summed E-state index contributed by atoms with van der Waals surface area (Å²) in [6.45, 7) is 3.80. The Hall–Kier alpha value is -2.80. The molecule has 28 heavy (non-hydrogen) atoms. The minimum Gasteiger partial charge on any atom is -0.494 e. The van der Waals surface area contributed by atoms with Crippen molar-refractivity contribution in [2.24, 2.45) is 0 Å². The van der Waals surface area contributed by atoms with Crippen LogP contribution in [0.3, 0.4) is 0 Å². The average Bonchev–Trinajstić information content (AvgIpc) is 3.30. The van der Waals surface area contributed by atoms with Crippen molar-refractivity contribution in [2.45, 2.75) is 25.4 Å². The van der Waals surface area contributed by atoms with Gasteiger partial charge in [-0.2, -0.15) is 0 Å². The number of carbonyl (C=O) groups is 1. The van der Waals surface area contributed by atoms with Gasteiger partial charge in [-0.05, 0) is 30.2 Å². The lowest BCUT2D eigenvalue weighted by atomic mass is 10.2. The van der Waals surface area contributed by atoms with E-state index in [-0.39, 0.29) is 11.3 Å². The Bertz CT molecular complexity index is 944. The maximum atomic E-state index is 12.4. The summed E-state index contributed by atoms with van der Waals surface area (Å²) in [5.41, 5.74) is 3.02. The molecule has 0 bridgehead atoms. The molecule has 144 valence electrons. The summed E-state index contributed by atoms with van der Waals surface area (Å²) >= 11 is 1.60. The van der Waals surface area contributed by atoms with Crippen LogP contribution in [0.4, 0.5) is 0 Å². The number of aromatic nitrogens is 3. The SMILES string of the molecule is CCOc1cccc(Cn2cc([C@@H]3SCC(=O)N3Cc3ccccc3)nn2)c1. The summed E-state index contributed by atoms with van der Waals surface area (Å²) in [4.78, 5) is 14.3. The highest BCUT2D eigenvalue weighted by Crippen LogP contribution is 2.38. The molecule has 2 heterocycles. The molecule has 6 nitrogen and oxygen atoms in total. The van der Waals surface area contributed by atoms with Gasteiger partial charge in [0.1, 0.15) is 16.8 Å². The molecule has 1 fully saturated rings. The van der Waals surface area contributed by atoms with Crippen molar-refractivity contribution in [1.29, 1.82) is 0 Å². The van der Waals surface area contributed by atoms with Crippen LogP contribution in [-0.2, 0) is 17.9 Å². The zero-order chi connectivity index (χ0) is 19.3. The molecule has 1 aliphatic heterocycles. The molecule has 1 aliphatic rings. The van der Waals surface area contributed by atoms with E-state index in [1.54, 1.807) is 11.8 Å². The van der Waals surface area contributed by atoms with Crippen LogP contribution in [0.15, 0.2) is 60.8 Å². The minimum absolute atomic E-state index is 0.101. The van der Waals surface area contributed by atoms with Gasteiger partial charge in [-0.1, -0.05) is 47.7 Å². The molecule has 0 radical (unpaired) electrons. The second-order valence-corrected chi connectivity index (χ2v) is 7.66. The molecule has 1 aromatic heterocycles. The van der Waals surface area contributed by atoms with Crippen LogP contribution in [0.1, 0.15) is 29.1 Å². The quantitative estimate of drug-likeness (QED) is 0.614. The van der Waals surface area contributed by atoms with Crippen molar-refractivity contribution in [3.63, 3.8) is 0 Å². The van der Waals surface area contributed by atoms with E-state index in [0.29, 0.717) is 25.4 Å². The highest BCUT2D eigenvalue weighted by Gasteiger charge is 2.34. The Morgan fingerprint density at radius 3 is 2.75 bits per heavy atom. The lowest BCUT2D eigenvalue weighted by Crippen LogP contribution is -2.27. The zero-order valence-corrected chi connectivity index (χ0v) is 16.5. The molecule has 0 unspecified atom stereocenters. The first kappa shape index (κ1) is 18.6. The Morgan fingerprint density at radius 1 is 1.11 bits per heavy atom. The number of amides is 1. The second kappa shape index (κ2) is 8.48. The summed E-state index contributed by atoms with van der Waals surface area (Å²) in [6, 6.07) is 18.0. The molecule has 0 saturated carbocycles. The monoisotopic (exact) mass is 394 g/mol. The fraction of sp³-hybridized carbons (Fsp3) is 0.286. The number of thioether (sulfide) groups is 1. The Kier molecular flexibility index (Phi) is 5.62. The van der Waals surface area contributed by atoms with Gasteiger partial charge in [0.25, 0.3) is 0 Å². The van der Waals surface area contributed by atoms with E-state index in [1.807, 2.05) is 77.3 Å². The van der Waals surface area contributed by atoms with Gasteiger partial charge in [0, 0.05) is 6.54 Å². The molecule has 0 aliphatic carbocycles. The van der Waals surface area contributed by atoms with Crippen LogP contribution in [0, 0.1) is 0 Å². The Balaban J connectivity index is 1.48. The van der Waals surface area contributed by atoms with Gasteiger partial charge in [0.05, 0.1) is 25.1 Å². The number of benzene rings is 2. The van der Waals surface area contributed by atoms with E-state index in [4.69, 9.17) is 4.74 Å². The first-order chi connectivity index (χ1) is 13.7. The van der Waals surface area contributed by atoms with Gasteiger partial charge in [-0.25, -0.2) is 4.68 Å². The minimum atomic E-state index is -0.101.